The molecule has 3 amide bonds. The number of nitrogens with zero attached hydrogens (tertiary/aromatic N) is 2. The molecular weight excluding hydrogens is 498 g/mol. The van der Waals surface area contributed by atoms with Crippen LogP contribution in [0, 0.1) is 0 Å². The number of alkyl halides is 6. The van der Waals surface area contributed by atoms with Crippen molar-refractivity contribution in [2.24, 2.45) is 5.10 Å². The third-order valence-electron chi connectivity index (χ3n) is 5.86. The van der Waals surface area contributed by atoms with Gasteiger partial charge in [0.1, 0.15) is 12.5 Å². The van der Waals surface area contributed by atoms with Gasteiger partial charge < -0.3 is 10.1 Å². The number of carbonyl (C=O) groups is 3. The molecule has 0 aromatic heterocycles. The van der Waals surface area contributed by atoms with Crippen molar-refractivity contribution >= 4 is 35.5 Å². The van der Waals surface area contributed by atoms with E-state index in [-0.39, 0.29) is 18.1 Å². The fourth-order valence-electron chi connectivity index (χ4n) is 4.37. The number of hydrogen-bond donors (Lipinski definition) is 2. The molecule has 2 heterocycles. The highest BCUT2D eigenvalue weighted by Crippen LogP contribution is 2.32. The highest BCUT2D eigenvalue weighted by atomic mass is 19.4. The molecule has 2 aliphatic heterocycles. The summed E-state index contributed by atoms with van der Waals surface area (Å²) >= 11 is 0. The van der Waals surface area contributed by atoms with Gasteiger partial charge in [-0.1, -0.05) is 5.10 Å². The molecule has 36 heavy (non-hydrogen) atoms. The zero-order valence-corrected chi connectivity index (χ0v) is 18.6. The molecule has 1 fully saturated rings. The third-order valence-corrected chi connectivity index (χ3v) is 5.86. The van der Waals surface area contributed by atoms with E-state index in [0.29, 0.717) is 47.3 Å². The smallest absolute Gasteiger partial charge is 0.414 e. The van der Waals surface area contributed by atoms with E-state index in [9.17, 15) is 40.7 Å². The molecule has 1 saturated heterocycles. The highest BCUT2D eigenvalue weighted by molar-refractivity contribution is 5.95. The lowest BCUT2D eigenvalue weighted by atomic mass is 10.0. The number of ether oxygens (including phenoxy) is 1. The summed E-state index contributed by atoms with van der Waals surface area (Å²) in [6, 6.07) is 4.82. The Morgan fingerprint density at radius 1 is 1.11 bits per heavy atom. The van der Waals surface area contributed by atoms with E-state index >= 15 is 0 Å². The van der Waals surface area contributed by atoms with Gasteiger partial charge in [0, 0.05) is 16.8 Å². The molecule has 0 radical (unpaired) electrons. The van der Waals surface area contributed by atoms with Gasteiger partial charge in [-0.2, -0.15) is 26.3 Å². The number of nitrogens with one attached hydrogen (secondary N) is 2. The van der Waals surface area contributed by atoms with E-state index in [2.05, 4.69) is 10.4 Å². The summed E-state index contributed by atoms with van der Waals surface area (Å²) in [5, 5.41) is 5.81. The maximum absolute atomic E-state index is 12.8. The van der Waals surface area contributed by atoms with E-state index in [1.807, 2.05) is 0 Å². The normalized spacial score (nSPS) is 21.7. The fourth-order valence-corrected chi connectivity index (χ4v) is 4.37. The summed E-state index contributed by atoms with van der Waals surface area (Å²) in [7, 11) is 0. The Hall–Kier alpha value is -3.42. The summed E-state index contributed by atoms with van der Waals surface area (Å²) in [6.07, 6.45) is -11.1. The number of rotatable bonds is 5. The molecule has 0 saturated carbocycles. The van der Waals surface area contributed by atoms with Gasteiger partial charge in [0.25, 0.3) is 0 Å². The number of amides is 3. The first-order valence-corrected chi connectivity index (χ1v) is 11.0. The predicted molar refractivity (Wildman–Crippen MR) is 113 cm³/mol. The Morgan fingerprint density at radius 3 is 2.53 bits per heavy atom. The minimum Gasteiger partial charge on any atom is -0.442 e. The number of aryl methyl sites for hydroxylation is 1. The van der Waals surface area contributed by atoms with Crippen LogP contribution in [-0.2, 0) is 20.7 Å². The van der Waals surface area contributed by atoms with Gasteiger partial charge in [-0.3, -0.25) is 9.69 Å². The number of halogens is 6. The van der Waals surface area contributed by atoms with Gasteiger partial charge in [-0.15, -0.1) is 5.01 Å². The van der Waals surface area contributed by atoms with Crippen molar-refractivity contribution in [2.45, 2.75) is 50.6 Å². The highest BCUT2D eigenvalue weighted by Gasteiger charge is 2.42. The average molecular weight is 519 g/mol. The van der Waals surface area contributed by atoms with E-state index in [1.165, 1.54) is 11.1 Å². The molecule has 2 atom stereocenters. The number of benzene rings is 1. The number of hydrogen-bond acceptors (Lipinski definition) is 5. The molecule has 194 valence electrons. The number of fused-ring (bicyclic) bond motifs is 2. The number of quaternary nitrogens is 1. The molecule has 3 aliphatic rings. The molecule has 1 aromatic rings. The fraction of sp³-hybridized carbons (Fsp3) is 0.455. The van der Waals surface area contributed by atoms with Crippen LogP contribution in [0.2, 0.25) is 0 Å². The van der Waals surface area contributed by atoms with Crippen LogP contribution in [0.1, 0.15) is 36.8 Å². The first kappa shape index (κ1) is 25.7. The quantitative estimate of drug-likeness (QED) is 0.585. The molecule has 1 aliphatic carbocycles. The summed E-state index contributed by atoms with van der Waals surface area (Å²) in [5.41, 5.74) is 2.70. The lowest BCUT2D eigenvalue weighted by molar-refractivity contribution is -0.747. The maximum atomic E-state index is 12.8. The number of allylic oxidation sites excluding steroid dienone is 1. The Bertz CT molecular complexity index is 1140. The molecule has 8 nitrogen and oxygen atoms in total. The molecule has 1 aromatic carbocycles. The van der Waals surface area contributed by atoms with Crippen molar-refractivity contribution < 1.29 is 50.5 Å². The third kappa shape index (κ3) is 5.86. The molecule has 1 unspecified atom stereocenters. The second-order valence-electron chi connectivity index (χ2n) is 8.63. The van der Waals surface area contributed by atoms with Gasteiger partial charge in [0.05, 0.1) is 19.3 Å². The van der Waals surface area contributed by atoms with Crippen molar-refractivity contribution in [2.75, 3.05) is 18.0 Å². The largest absolute Gasteiger partial charge is 0.442 e. The summed E-state index contributed by atoms with van der Waals surface area (Å²) < 4.78 is 80.5. The second kappa shape index (κ2) is 9.56. The zero-order valence-electron chi connectivity index (χ0n) is 18.6. The SMILES string of the molecule is O=C(CC(F)(F)F)NC[C@H]1CN(c2ccc3c(c2)CCCC2=C3[NH+](C(=O)CC(F)(F)F)N=C2)C(=O)O1. The van der Waals surface area contributed by atoms with Crippen LogP contribution in [0.4, 0.5) is 36.8 Å². The lowest BCUT2D eigenvalue weighted by Crippen LogP contribution is -3.07. The van der Waals surface area contributed by atoms with E-state index in [1.54, 1.807) is 18.2 Å². The summed E-state index contributed by atoms with van der Waals surface area (Å²) in [5.74, 6) is -2.36. The first-order chi connectivity index (χ1) is 16.8. The van der Waals surface area contributed by atoms with Crippen molar-refractivity contribution in [1.82, 2.24) is 5.32 Å². The van der Waals surface area contributed by atoms with Crippen LogP contribution >= 0.6 is 0 Å². The molecule has 2 N–H and O–H groups in total. The van der Waals surface area contributed by atoms with Crippen LogP contribution in [-0.4, -0.2) is 55.7 Å². The predicted octanol–water partition coefficient (Wildman–Crippen LogP) is 2.49. The molecule has 0 spiro atoms. The van der Waals surface area contributed by atoms with Crippen molar-refractivity contribution in [3.05, 3.63) is 34.9 Å². The molecule has 14 heteroatoms. The van der Waals surface area contributed by atoms with Crippen LogP contribution in [0.5, 0.6) is 0 Å². The summed E-state index contributed by atoms with van der Waals surface area (Å²) in [6.45, 7) is -0.322. The second-order valence-corrected chi connectivity index (χ2v) is 8.63. The molecule has 4 rings (SSSR count). The monoisotopic (exact) mass is 519 g/mol. The van der Waals surface area contributed by atoms with Gasteiger partial charge in [-0.05, 0) is 43.0 Å². The van der Waals surface area contributed by atoms with Crippen molar-refractivity contribution in [3.63, 3.8) is 0 Å². The van der Waals surface area contributed by atoms with Gasteiger partial charge in [-0.25, -0.2) is 9.59 Å². The Balaban J connectivity index is 1.49. The van der Waals surface area contributed by atoms with E-state index in [4.69, 9.17) is 4.74 Å². The zero-order chi connectivity index (χ0) is 26.3. The number of anilines is 1. The standard InChI is InChI=1S/C22H20F6N4O4/c23-21(24,25)7-17(33)29-10-15-11-31(20(35)36-15)14-4-5-16-12(6-14)2-1-3-13-9-30-32(19(13)16)18(34)8-22(26,27)28/h4-6,9,15H,1-3,7-8,10-11H2,(H,29,33)/p+1/t15-/m0/s1. The van der Waals surface area contributed by atoms with E-state index < -0.39 is 49.2 Å². The Morgan fingerprint density at radius 2 is 1.83 bits per heavy atom. The van der Waals surface area contributed by atoms with Crippen LogP contribution in [0.25, 0.3) is 5.70 Å². The Kier molecular flexibility index (Phi) is 6.82. The topological polar surface area (TPSA) is 92.5 Å². The minimum absolute atomic E-state index is 0.0254. The average Bonchev–Trinajstić information content (AvgIpc) is 3.28. The number of carbonyl (C=O) groups excluding carboxylic acids is 3. The van der Waals surface area contributed by atoms with Gasteiger partial charge in [0.2, 0.25) is 5.91 Å². The van der Waals surface area contributed by atoms with Crippen LogP contribution in [0.3, 0.4) is 0 Å². The van der Waals surface area contributed by atoms with Gasteiger partial charge in [0.15, 0.2) is 12.1 Å². The Labute approximate surface area is 200 Å². The summed E-state index contributed by atoms with van der Waals surface area (Å²) in [4.78, 5) is 37.3. The van der Waals surface area contributed by atoms with Crippen LogP contribution in [0.15, 0.2) is 28.9 Å². The van der Waals surface area contributed by atoms with Crippen molar-refractivity contribution in [1.29, 1.82) is 0 Å². The van der Waals surface area contributed by atoms with E-state index in [0.717, 1.165) is 0 Å². The van der Waals surface area contributed by atoms with Crippen molar-refractivity contribution in [3.8, 4) is 0 Å². The van der Waals surface area contributed by atoms with Crippen LogP contribution < -0.4 is 15.2 Å². The number of cyclic esters (lactones) is 1. The molecule has 0 bridgehead atoms. The molecular formula is C22H21F6N4O4+. The first-order valence-electron chi connectivity index (χ1n) is 11.0. The lowest BCUT2D eigenvalue weighted by Gasteiger charge is -2.18. The maximum Gasteiger partial charge on any atom is 0.414 e. The minimum atomic E-state index is -4.67. The van der Waals surface area contributed by atoms with Gasteiger partial charge >= 0.3 is 24.4 Å².